The molecule has 2 atom stereocenters. The molecule has 0 bridgehead atoms. The van der Waals surface area contributed by atoms with Gasteiger partial charge in [-0.3, -0.25) is 0 Å². The lowest BCUT2D eigenvalue weighted by molar-refractivity contribution is 0.277. The van der Waals surface area contributed by atoms with Gasteiger partial charge >= 0.3 is 0 Å². The summed E-state index contributed by atoms with van der Waals surface area (Å²) >= 11 is 0. The summed E-state index contributed by atoms with van der Waals surface area (Å²) in [7, 11) is 0. The van der Waals surface area contributed by atoms with Crippen LogP contribution in [0.4, 0.5) is 0 Å². The number of rotatable bonds is 1. The van der Waals surface area contributed by atoms with Crippen LogP contribution in [0.2, 0.25) is 0 Å². The molecule has 1 fully saturated rings. The first-order valence-electron chi connectivity index (χ1n) is 3.87. The van der Waals surface area contributed by atoms with Gasteiger partial charge in [-0.1, -0.05) is 6.92 Å². The van der Waals surface area contributed by atoms with Crippen molar-refractivity contribution in [3.8, 4) is 0 Å². The van der Waals surface area contributed by atoms with Crippen LogP contribution in [0.25, 0.3) is 0 Å². The number of hydrogen-bond donors (Lipinski definition) is 0. The van der Waals surface area contributed by atoms with E-state index in [2.05, 4.69) is 18.7 Å². The van der Waals surface area contributed by atoms with Crippen LogP contribution in [-0.2, 0) is 0 Å². The van der Waals surface area contributed by atoms with Gasteiger partial charge in [-0.2, -0.15) is 0 Å². The molecule has 0 aromatic rings. The Morgan fingerprint density at radius 3 is 2.89 bits per heavy atom. The van der Waals surface area contributed by atoms with E-state index >= 15 is 0 Å². The number of hydrogen-bond acceptors (Lipinski definition) is 0. The van der Waals surface area contributed by atoms with E-state index in [0.717, 1.165) is 11.8 Å². The molecule has 0 amide bonds. The van der Waals surface area contributed by atoms with Crippen molar-refractivity contribution in [3.63, 3.8) is 0 Å². The highest BCUT2D eigenvalue weighted by molar-refractivity contribution is 5.21. The Labute approximate surface area is 56.3 Å². The summed E-state index contributed by atoms with van der Waals surface area (Å²) in [5.41, 5.74) is 4.94. The topological polar surface area (TPSA) is 0 Å². The third kappa shape index (κ3) is 0.601. The predicted octanol–water partition coefficient (Wildman–Crippen LogP) is 2.52. The first kappa shape index (κ1) is 5.32. The quantitative estimate of drug-likeness (QED) is 0.466. The zero-order valence-corrected chi connectivity index (χ0v) is 5.85. The van der Waals surface area contributed by atoms with Crippen molar-refractivity contribution in [2.24, 2.45) is 11.8 Å². The lowest BCUT2D eigenvalue weighted by Crippen LogP contribution is -2.22. The van der Waals surface area contributed by atoms with Crippen molar-refractivity contribution in [2.75, 3.05) is 0 Å². The van der Waals surface area contributed by atoms with Crippen molar-refractivity contribution < 1.29 is 0 Å². The van der Waals surface area contributed by atoms with Crippen molar-refractivity contribution in [2.45, 2.75) is 26.2 Å². The van der Waals surface area contributed by atoms with E-state index in [1.54, 1.807) is 5.57 Å². The van der Waals surface area contributed by atoms with Gasteiger partial charge in [-0.25, -0.2) is 0 Å². The van der Waals surface area contributed by atoms with Crippen LogP contribution in [-0.4, -0.2) is 0 Å². The molecule has 9 heavy (non-hydrogen) atoms. The van der Waals surface area contributed by atoms with Crippen LogP contribution >= 0.6 is 0 Å². The summed E-state index contributed by atoms with van der Waals surface area (Å²) in [6, 6.07) is 0. The molecule has 1 saturated carbocycles. The zero-order valence-electron chi connectivity index (χ0n) is 5.85. The minimum absolute atomic E-state index is 0.903. The molecule has 2 rings (SSSR count). The maximum Gasteiger partial charge on any atom is -0.00581 e. The maximum absolute atomic E-state index is 3.36. The third-order valence-corrected chi connectivity index (χ3v) is 2.64. The summed E-state index contributed by atoms with van der Waals surface area (Å²) in [5.74, 6) is 1.83. The smallest absolute Gasteiger partial charge is 0.00581 e. The van der Waals surface area contributed by atoms with Crippen LogP contribution in [0.3, 0.4) is 0 Å². The van der Waals surface area contributed by atoms with Gasteiger partial charge in [0, 0.05) is 0 Å². The molecule has 0 spiro atoms. The molecule has 0 aromatic heterocycles. The van der Waals surface area contributed by atoms with Crippen molar-refractivity contribution >= 4 is 0 Å². The van der Waals surface area contributed by atoms with Gasteiger partial charge < -0.3 is 0 Å². The molecule has 0 aromatic carbocycles. The third-order valence-electron chi connectivity index (χ3n) is 2.64. The Morgan fingerprint density at radius 2 is 2.56 bits per heavy atom. The van der Waals surface area contributed by atoms with Crippen LogP contribution < -0.4 is 0 Å². The monoisotopic (exact) mass is 120 g/mol. The van der Waals surface area contributed by atoms with Gasteiger partial charge in [0.2, 0.25) is 0 Å². The van der Waals surface area contributed by atoms with E-state index in [4.69, 9.17) is 0 Å². The largest absolute Gasteiger partial charge is 0.125 e. The predicted molar refractivity (Wildman–Crippen MR) is 38.1 cm³/mol. The highest BCUT2D eigenvalue weighted by atomic mass is 14.4. The Balaban J connectivity index is 2.17. The molecule has 2 aliphatic rings. The van der Waals surface area contributed by atoms with Crippen molar-refractivity contribution in [1.29, 1.82) is 0 Å². The van der Waals surface area contributed by atoms with Crippen LogP contribution in [0.15, 0.2) is 17.4 Å². The molecule has 2 aliphatic carbocycles. The van der Waals surface area contributed by atoms with Gasteiger partial charge in [-0.05, 0) is 42.7 Å². The standard InChI is InChI=1S/C9H12/c1-2-7-3-4-8-5-6-9(7)8/h4,8-9H,2,5-6H2,1H3. The highest BCUT2D eigenvalue weighted by Gasteiger charge is 2.33. The second-order valence-electron chi connectivity index (χ2n) is 3.04. The zero-order chi connectivity index (χ0) is 6.27. The molecule has 0 N–H and O–H groups in total. The molecule has 0 aliphatic heterocycles. The molecule has 0 heteroatoms. The van der Waals surface area contributed by atoms with Crippen LogP contribution in [0, 0.1) is 11.8 Å². The summed E-state index contributed by atoms with van der Waals surface area (Å²) < 4.78 is 0. The first-order chi connectivity index (χ1) is 4.42. The molecular weight excluding hydrogens is 108 g/mol. The molecule has 0 radical (unpaired) electrons. The van der Waals surface area contributed by atoms with E-state index in [1.807, 2.05) is 0 Å². The Bertz CT molecular complexity index is 182. The van der Waals surface area contributed by atoms with Gasteiger partial charge in [0.25, 0.3) is 0 Å². The van der Waals surface area contributed by atoms with E-state index in [0.29, 0.717) is 0 Å². The van der Waals surface area contributed by atoms with Crippen molar-refractivity contribution in [3.05, 3.63) is 17.4 Å². The van der Waals surface area contributed by atoms with Gasteiger partial charge in [0.15, 0.2) is 0 Å². The number of fused-ring (bicyclic) bond motifs is 1. The average Bonchev–Trinajstić information content (AvgIpc) is 2.07. The van der Waals surface area contributed by atoms with Crippen molar-refractivity contribution in [1.82, 2.24) is 0 Å². The summed E-state index contributed by atoms with van der Waals surface area (Å²) in [5, 5.41) is 0. The van der Waals surface area contributed by atoms with Gasteiger partial charge in [0.1, 0.15) is 0 Å². The highest BCUT2D eigenvalue weighted by Crippen LogP contribution is 2.44. The molecule has 0 nitrogen and oxygen atoms in total. The van der Waals surface area contributed by atoms with Crippen LogP contribution in [0.5, 0.6) is 0 Å². The van der Waals surface area contributed by atoms with E-state index in [9.17, 15) is 0 Å². The molecule has 2 unspecified atom stereocenters. The summed E-state index contributed by atoms with van der Waals surface area (Å²) in [6.45, 7) is 2.23. The molecule has 0 heterocycles. The van der Waals surface area contributed by atoms with E-state index in [1.165, 1.54) is 19.3 Å². The fourth-order valence-corrected chi connectivity index (χ4v) is 1.84. The van der Waals surface area contributed by atoms with Crippen LogP contribution in [0.1, 0.15) is 26.2 Å². The fraction of sp³-hybridized carbons (Fsp3) is 0.667. The van der Waals surface area contributed by atoms with Gasteiger partial charge in [0.05, 0.1) is 0 Å². The van der Waals surface area contributed by atoms with E-state index < -0.39 is 0 Å². The Hall–Kier alpha value is -0.480. The number of allylic oxidation sites excluding steroid dienone is 1. The average molecular weight is 120 g/mol. The maximum atomic E-state index is 3.36. The molecule has 0 saturated heterocycles. The SMILES string of the molecule is CCC1=C=CC2CCC12. The second kappa shape index (κ2) is 1.75. The summed E-state index contributed by atoms with van der Waals surface area (Å²) in [4.78, 5) is 0. The first-order valence-corrected chi connectivity index (χ1v) is 3.87. The Morgan fingerprint density at radius 1 is 1.67 bits per heavy atom. The minimum Gasteiger partial charge on any atom is -0.125 e. The molecular formula is C9H12. The Kier molecular flexibility index (Phi) is 1.03. The second-order valence-corrected chi connectivity index (χ2v) is 3.04. The minimum atomic E-state index is 0.903. The van der Waals surface area contributed by atoms with Gasteiger partial charge in [-0.15, -0.1) is 5.73 Å². The van der Waals surface area contributed by atoms with E-state index in [-0.39, 0.29) is 0 Å². The lowest BCUT2D eigenvalue weighted by Gasteiger charge is -2.31. The lowest BCUT2D eigenvalue weighted by atomic mass is 9.72. The summed E-state index contributed by atoms with van der Waals surface area (Å²) in [6.07, 6.45) is 6.34. The fourth-order valence-electron chi connectivity index (χ4n) is 1.84. The normalized spacial score (nSPS) is 37.7. The molecule has 48 valence electrons.